The van der Waals surface area contributed by atoms with Gasteiger partial charge < -0.3 is 10.1 Å². The fourth-order valence-corrected chi connectivity index (χ4v) is 1.16. The van der Waals surface area contributed by atoms with Gasteiger partial charge in [0, 0.05) is 6.54 Å². The van der Waals surface area contributed by atoms with Crippen molar-refractivity contribution in [1.82, 2.24) is 10.2 Å². The van der Waals surface area contributed by atoms with Crippen LogP contribution in [0.25, 0.3) is 0 Å². The van der Waals surface area contributed by atoms with Crippen LogP contribution in [-0.4, -0.2) is 50.1 Å². The number of methoxy groups -OCH3 is 1. The van der Waals surface area contributed by atoms with Crippen LogP contribution in [0.3, 0.4) is 0 Å². The number of nitrogens with zero attached hydrogens (tertiary/aromatic N) is 1. The SMILES string of the molecule is COC(=O)C1CNC(=O)CN1C. The molecule has 5 heteroatoms. The van der Waals surface area contributed by atoms with E-state index in [1.165, 1.54) is 7.11 Å². The van der Waals surface area contributed by atoms with Gasteiger partial charge in [0.15, 0.2) is 0 Å². The van der Waals surface area contributed by atoms with E-state index in [0.29, 0.717) is 6.54 Å². The summed E-state index contributed by atoms with van der Waals surface area (Å²) in [4.78, 5) is 23.6. The van der Waals surface area contributed by atoms with E-state index in [4.69, 9.17) is 0 Å². The molecule has 0 aromatic rings. The lowest BCUT2D eigenvalue weighted by Crippen LogP contribution is -2.56. The molecule has 1 fully saturated rings. The number of carbonyl (C=O) groups excluding carboxylic acids is 2. The molecule has 1 rings (SSSR count). The molecule has 1 N–H and O–H groups in total. The van der Waals surface area contributed by atoms with Crippen LogP contribution >= 0.6 is 0 Å². The third-order valence-corrected chi connectivity index (χ3v) is 1.89. The lowest BCUT2D eigenvalue weighted by Gasteiger charge is -2.29. The maximum Gasteiger partial charge on any atom is 0.324 e. The van der Waals surface area contributed by atoms with Gasteiger partial charge in [-0.25, -0.2) is 0 Å². The van der Waals surface area contributed by atoms with E-state index in [9.17, 15) is 9.59 Å². The smallest absolute Gasteiger partial charge is 0.324 e. The third kappa shape index (κ3) is 1.73. The summed E-state index contributed by atoms with van der Waals surface area (Å²) in [5.41, 5.74) is 0. The first-order chi connectivity index (χ1) is 5.65. The van der Waals surface area contributed by atoms with Crippen LogP contribution in [0.15, 0.2) is 0 Å². The summed E-state index contributed by atoms with van der Waals surface area (Å²) < 4.78 is 4.56. The molecule has 1 aliphatic heterocycles. The van der Waals surface area contributed by atoms with Crippen LogP contribution in [0.2, 0.25) is 0 Å². The number of hydrogen-bond donors (Lipinski definition) is 1. The molecule has 0 aliphatic carbocycles. The standard InChI is InChI=1S/C7H12N2O3/c1-9-4-6(10)8-3-5(9)7(11)12-2/h5H,3-4H2,1-2H3,(H,8,10). The van der Waals surface area contributed by atoms with Crippen molar-refractivity contribution in [2.45, 2.75) is 6.04 Å². The van der Waals surface area contributed by atoms with Crippen molar-refractivity contribution in [2.75, 3.05) is 27.2 Å². The fraction of sp³-hybridized carbons (Fsp3) is 0.714. The molecule has 1 saturated heterocycles. The van der Waals surface area contributed by atoms with Crippen LogP contribution in [0.4, 0.5) is 0 Å². The lowest BCUT2D eigenvalue weighted by atomic mass is 10.2. The summed E-state index contributed by atoms with van der Waals surface area (Å²) >= 11 is 0. The number of likely N-dealkylation sites (N-methyl/N-ethyl adjacent to an activating group) is 1. The molecule has 0 saturated carbocycles. The second kappa shape index (κ2) is 3.53. The predicted octanol–water partition coefficient (Wildman–Crippen LogP) is -1.41. The van der Waals surface area contributed by atoms with Crippen molar-refractivity contribution in [3.05, 3.63) is 0 Å². The number of ether oxygens (including phenoxy) is 1. The van der Waals surface area contributed by atoms with E-state index in [1.54, 1.807) is 11.9 Å². The Morgan fingerprint density at radius 2 is 2.42 bits per heavy atom. The molecule has 68 valence electrons. The normalized spacial score (nSPS) is 24.8. The Labute approximate surface area is 70.7 Å². The number of hydrogen-bond acceptors (Lipinski definition) is 4. The van der Waals surface area contributed by atoms with E-state index in [1.807, 2.05) is 0 Å². The summed E-state index contributed by atoms with van der Waals surface area (Å²) in [6, 6.07) is -0.340. The minimum atomic E-state index is -0.340. The summed E-state index contributed by atoms with van der Waals surface area (Å²) in [5.74, 6) is -0.366. The number of amides is 1. The van der Waals surface area contributed by atoms with E-state index in [2.05, 4.69) is 10.1 Å². The highest BCUT2D eigenvalue weighted by Gasteiger charge is 2.29. The van der Waals surface area contributed by atoms with Gasteiger partial charge in [-0.2, -0.15) is 0 Å². The first kappa shape index (κ1) is 8.99. The molecule has 1 heterocycles. The molecule has 12 heavy (non-hydrogen) atoms. The second-order valence-corrected chi connectivity index (χ2v) is 2.76. The van der Waals surface area contributed by atoms with Crippen LogP contribution in [0, 0.1) is 0 Å². The Bertz CT molecular complexity index is 205. The van der Waals surface area contributed by atoms with Gasteiger partial charge in [-0.05, 0) is 7.05 Å². The summed E-state index contributed by atoms with van der Waals surface area (Å²) in [5, 5.41) is 2.60. The Hall–Kier alpha value is -1.10. The minimum absolute atomic E-state index is 0.0577. The highest BCUT2D eigenvalue weighted by atomic mass is 16.5. The zero-order valence-electron chi connectivity index (χ0n) is 7.16. The quantitative estimate of drug-likeness (QED) is 0.494. The monoisotopic (exact) mass is 172 g/mol. The van der Waals surface area contributed by atoms with Gasteiger partial charge in [0.25, 0.3) is 0 Å². The molecule has 1 amide bonds. The average Bonchev–Trinajstić information content (AvgIpc) is 2.03. The van der Waals surface area contributed by atoms with Crippen molar-refractivity contribution < 1.29 is 14.3 Å². The second-order valence-electron chi connectivity index (χ2n) is 2.76. The molecule has 1 atom stereocenters. The molecule has 0 aromatic heterocycles. The maximum atomic E-state index is 11.1. The van der Waals surface area contributed by atoms with Crippen LogP contribution in [0.5, 0.6) is 0 Å². The molecular formula is C7H12N2O3. The van der Waals surface area contributed by atoms with Crippen LogP contribution in [0.1, 0.15) is 0 Å². The molecule has 0 spiro atoms. The largest absolute Gasteiger partial charge is 0.468 e. The lowest BCUT2D eigenvalue weighted by molar-refractivity contribution is -0.148. The number of rotatable bonds is 1. The van der Waals surface area contributed by atoms with Gasteiger partial charge >= 0.3 is 5.97 Å². The van der Waals surface area contributed by atoms with E-state index < -0.39 is 0 Å². The molecule has 0 aromatic carbocycles. The van der Waals surface area contributed by atoms with Crippen molar-refractivity contribution in [2.24, 2.45) is 0 Å². The van der Waals surface area contributed by atoms with Gasteiger partial charge in [-0.1, -0.05) is 0 Å². The number of piperazine rings is 1. The zero-order chi connectivity index (χ0) is 9.14. The predicted molar refractivity (Wildman–Crippen MR) is 41.4 cm³/mol. The van der Waals surface area contributed by atoms with E-state index in [-0.39, 0.29) is 24.5 Å². The first-order valence-electron chi connectivity index (χ1n) is 3.70. The molecule has 0 bridgehead atoms. The fourth-order valence-electron chi connectivity index (χ4n) is 1.16. The summed E-state index contributed by atoms with van der Waals surface area (Å²) in [6.45, 7) is 0.585. The van der Waals surface area contributed by atoms with Crippen LogP contribution in [-0.2, 0) is 14.3 Å². The highest BCUT2D eigenvalue weighted by molar-refractivity contribution is 5.83. The Balaban J connectivity index is 2.56. The molecule has 1 unspecified atom stereocenters. The maximum absolute atomic E-state index is 11.1. The summed E-state index contributed by atoms with van der Waals surface area (Å²) in [7, 11) is 3.06. The first-order valence-corrected chi connectivity index (χ1v) is 3.70. The van der Waals surface area contributed by atoms with Crippen molar-refractivity contribution in [1.29, 1.82) is 0 Å². The van der Waals surface area contributed by atoms with E-state index in [0.717, 1.165) is 0 Å². The Kier molecular flexibility index (Phi) is 2.65. The zero-order valence-corrected chi connectivity index (χ0v) is 7.16. The van der Waals surface area contributed by atoms with Crippen molar-refractivity contribution in [3.63, 3.8) is 0 Å². The number of carbonyl (C=O) groups is 2. The van der Waals surface area contributed by atoms with Gasteiger partial charge in [-0.3, -0.25) is 14.5 Å². The van der Waals surface area contributed by atoms with Gasteiger partial charge in [-0.15, -0.1) is 0 Å². The molecular weight excluding hydrogens is 160 g/mol. The minimum Gasteiger partial charge on any atom is -0.468 e. The average molecular weight is 172 g/mol. The van der Waals surface area contributed by atoms with Gasteiger partial charge in [0.2, 0.25) is 5.91 Å². The topological polar surface area (TPSA) is 58.6 Å². The van der Waals surface area contributed by atoms with Crippen LogP contribution < -0.4 is 5.32 Å². The number of nitrogens with one attached hydrogen (secondary N) is 1. The highest BCUT2D eigenvalue weighted by Crippen LogP contribution is 2.01. The van der Waals surface area contributed by atoms with Gasteiger partial charge in [0.1, 0.15) is 6.04 Å². The van der Waals surface area contributed by atoms with Crippen molar-refractivity contribution >= 4 is 11.9 Å². The molecule has 0 radical (unpaired) electrons. The Morgan fingerprint density at radius 3 is 2.92 bits per heavy atom. The third-order valence-electron chi connectivity index (χ3n) is 1.89. The van der Waals surface area contributed by atoms with Crippen molar-refractivity contribution in [3.8, 4) is 0 Å². The molecule has 5 nitrogen and oxygen atoms in total. The Morgan fingerprint density at radius 1 is 1.75 bits per heavy atom. The number of esters is 1. The summed E-state index contributed by atoms with van der Waals surface area (Å²) in [6.07, 6.45) is 0. The molecule has 1 aliphatic rings. The van der Waals surface area contributed by atoms with E-state index >= 15 is 0 Å². The van der Waals surface area contributed by atoms with Gasteiger partial charge in [0.05, 0.1) is 13.7 Å².